The maximum Gasteiger partial charge on any atom is 0.180 e. The zero-order chi connectivity index (χ0) is 10.6. The van der Waals surface area contributed by atoms with E-state index in [0.29, 0.717) is 10.9 Å². The second-order valence-electron chi connectivity index (χ2n) is 2.86. The highest BCUT2D eigenvalue weighted by Crippen LogP contribution is 2.16. The smallest absolute Gasteiger partial charge is 0.180 e. The van der Waals surface area contributed by atoms with Gasteiger partial charge in [0.15, 0.2) is 5.13 Å². The molecule has 0 saturated carbocycles. The number of aromatic nitrogens is 1. The van der Waals surface area contributed by atoms with Gasteiger partial charge in [-0.1, -0.05) is 0 Å². The van der Waals surface area contributed by atoms with Gasteiger partial charge in [0.25, 0.3) is 0 Å². The van der Waals surface area contributed by atoms with Crippen LogP contribution in [-0.4, -0.2) is 31.2 Å². The summed E-state index contributed by atoms with van der Waals surface area (Å²) < 4.78 is 21.6. The minimum Gasteiger partial charge on any atom is -0.375 e. The van der Waals surface area contributed by atoms with E-state index >= 15 is 0 Å². The normalized spacial score (nSPS) is 11.8. The summed E-state index contributed by atoms with van der Waals surface area (Å²) in [7, 11) is -2.84. The first-order valence-electron chi connectivity index (χ1n) is 3.93. The van der Waals surface area contributed by atoms with Crippen molar-refractivity contribution in [2.45, 2.75) is 5.75 Å². The van der Waals surface area contributed by atoms with Gasteiger partial charge in [-0.15, -0.1) is 11.3 Å². The number of anilines is 1. The fraction of sp³-hybridized carbons (Fsp3) is 0.571. The maximum absolute atomic E-state index is 10.8. The van der Waals surface area contributed by atoms with Crippen LogP contribution in [0.5, 0.6) is 0 Å². The third-order valence-corrected chi connectivity index (χ3v) is 4.34. The molecule has 0 aliphatic heterocycles. The average Bonchev–Trinajstić information content (AvgIpc) is 2.44. The van der Waals surface area contributed by atoms with E-state index in [9.17, 15) is 8.42 Å². The molecule has 0 spiro atoms. The Hall–Kier alpha value is -0.270. The van der Waals surface area contributed by atoms with E-state index in [4.69, 9.17) is 5.73 Å². The Balaban J connectivity index is 2.23. The quantitative estimate of drug-likeness (QED) is 0.792. The van der Waals surface area contributed by atoms with E-state index in [2.05, 4.69) is 4.98 Å². The number of hydrogen-bond acceptors (Lipinski definition) is 6. The molecule has 80 valence electrons. The van der Waals surface area contributed by atoms with Gasteiger partial charge in [0.05, 0.1) is 11.4 Å². The van der Waals surface area contributed by atoms with Gasteiger partial charge in [-0.3, -0.25) is 0 Å². The predicted octanol–water partition coefficient (Wildman–Crippen LogP) is 1.00. The van der Waals surface area contributed by atoms with Crippen LogP contribution in [0.15, 0.2) is 5.38 Å². The van der Waals surface area contributed by atoms with Gasteiger partial charge in [-0.05, 0) is 0 Å². The van der Waals surface area contributed by atoms with Crippen molar-refractivity contribution in [1.82, 2.24) is 4.98 Å². The monoisotopic (exact) mass is 252 g/mol. The van der Waals surface area contributed by atoms with Crippen molar-refractivity contribution in [3.8, 4) is 0 Å². The van der Waals surface area contributed by atoms with Crippen molar-refractivity contribution in [2.24, 2.45) is 0 Å². The molecule has 0 aliphatic carbocycles. The summed E-state index contributed by atoms with van der Waals surface area (Å²) in [4.78, 5) is 4.07. The summed E-state index contributed by atoms with van der Waals surface area (Å²) in [6.07, 6.45) is 1.24. The third-order valence-electron chi connectivity index (χ3n) is 1.42. The molecule has 0 saturated heterocycles. The summed E-state index contributed by atoms with van der Waals surface area (Å²) in [6.45, 7) is 0. The van der Waals surface area contributed by atoms with Crippen molar-refractivity contribution in [3.05, 3.63) is 11.1 Å². The molecule has 0 bridgehead atoms. The molecule has 7 heteroatoms. The van der Waals surface area contributed by atoms with Gasteiger partial charge in [-0.25, -0.2) is 13.4 Å². The number of hydrogen-bond donors (Lipinski definition) is 1. The Bertz CT molecular complexity index is 385. The highest BCUT2D eigenvalue weighted by atomic mass is 32.2. The van der Waals surface area contributed by atoms with Gasteiger partial charge in [0.1, 0.15) is 9.84 Å². The summed E-state index contributed by atoms with van der Waals surface area (Å²) in [5, 5.41) is 2.45. The van der Waals surface area contributed by atoms with E-state index in [0.717, 1.165) is 11.4 Å². The summed E-state index contributed by atoms with van der Waals surface area (Å²) >= 11 is 2.96. The molecule has 4 nitrogen and oxygen atoms in total. The van der Waals surface area contributed by atoms with E-state index in [1.165, 1.54) is 17.6 Å². The van der Waals surface area contributed by atoms with Crippen LogP contribution in [0.4, 0.5) is 5.13 Å². The van der Waals surface area contributed by atoms with E-state index in [1.54, 1.807) is 11.8 Å². The minimum absolute atomic E-state index is 0.220. The lowest BCUT2D eigenvalue weighted by Gasteiger charge is -1.97. The van der Waals surface area contributed by atoms with Crippen LogP contribution in [0, 0.1) is 0 Å². The van der Waals surface area contributed by atoms with Crippen LogP contribution in [0.25, 0.3) is 0 Å². The summed E-state index contributed by atoms with van der Waals surface area (Å²) in [5.41, 5.74) is 6.38. The molecule has 0 aliphatic rings. The standard InChI is InChI=1S/C7H12N2O2S3/c1-14(10,11)3-2-12-4-6-5-13-7(8)9-6/h5H,2-4H2,1H3,(H2,8,9). The van der Waals surface area contributed by atoms with Gasteiger partial charge in [0.2, 0.25) is 0 Å². The number of nitrogens with two attached hydrogens (primary N) is 1. The lowest BCUT2D eigenvalue weighted by Crippen LogP contribution is -2.05. The molecular weight excluding hydrogens is 240 g/mol. The maximum atomic E-state index is 10.8. The second-order valence-corrected chi connectivity index (χ2v) is 7.11. The lowest BCUT2D eigenvalue weighted by molar-refractivity contribution is 0.603. The Morgan fingerprint density at radius 2 is 2.36 bits per heavy atom. The van der Waals surface area contributed by atoms with E-state index < -0.39 is 9.84 Å². The van der Waals surface area contributed by atoms with Crippen LogP contribution in [0.3, 0.4) is 0 Å². The molecule has 0 radical (unpaired) electrons. The summed E-state index contributed by atoms with van der Waals surface area (Å²) in [5.74, 6) is 1.55. The number of nitrogens with zero attached hydrogens (tertiary/aromatic N) is 1. The lowest BCUT2D eigenvalue weighted by atomic mass is 10.6. The number of thiazole rings is 1. The van der Waals surface area contributed by atoms with Crippen molar-refractivity contribution in [1.29, 1.82) is 0 Å². The molecule has 1 aromatic rings. The zero-order valence-electron chi connectivity index (χ0n) is 7.76. The molecule has 1 rings (SSSR count). The first-order valence-corrected chi connectivity index (χ1v) is 8.02. The molecule has 0 atom stereocenters. The Morgan fingerprint density at radius 3 is 2.86 bits per heavy atom. The average molecular weight is 252 g/mol. The fourth-order valence-corrected chi connectivity index (χ4v) is 3.63. The van der Waals surface area contributed by atoms with E-state index in [-0.39, 0.29) is 5.75 Å². The molecule has 1 aromatic heterocycles. The Labute approximate surface area is 91.8 Å². The second kappa shape index (κ2) is 4.99. The molecule has 1 heterocycles. The van der Waals surface area contributed by atoms with Crippen LogP contribution < -0.4 is 5.73 Å². The molecule has 14 heavy (non-hydrogen) atoms. The SMILES string of the molecule is CS(=O)(=O)CCSCc1csc(N)n1. The topological polar surface area (TPSA) is 73.0 Å². The van der Waals surface area contributed by atoms with Gasteiger partial charge in [0, 0.05) is 23.1 Å². The van der Waals surface area contributed by atoms with Crippen molar-refractivity contribution in [3.63, 3.8) is 0 Å². The highest BCUT2D eigenvalue weighted by molar-refractivity contribution is 7.99. The van der Waals surface area contributed by atoms with Crippen LogP contribution in [0.1, 0.15) is 5.69 Å². The first-order chi connectivity index (χ1) is 6.47. The minimum atomic E-state index is -2.84. The van der Waals surface area contributed by atoms with Crippen LogP contribution in [0.2, 0.25) is 0 Å². The molecule has 0 amide bonds. The zero-order valence-corrected chi connectivity index (χ0v) is 10.2. The Kier molecular flexibility index (Phi) is 4.21. The first kappa shape index (κ1) is 11.8. The molecule has 2 N–H and O–H groups in total. The third kappa shape index (κ3) is 4.83. The fourth-order valence-electron chi connectivity index (χ4n) is 0.776. The van der Waals surface area contributed by atoms with Crippen LogP contribution in [-0.2, 0) is 15.6 Å². The van der Waals surface area contributed by atoms with Crippen LogP contribution >= 0.6 is 23.1 Å². The molecular formula is C7H12N2O2S3. The summed E-state index contributed by atoms with van der Waals surface area (Å²) in [6, 6.07) is 0. The molecule has 0 unspecified atom stereocenters. The predicted molar refractivity (Wildman–Crippen MR) is 62.4 cm³/mol. The van der Waals surface area contributed by atoms with E-state index in [1.807, 2.05) is 5.38 Å². The number of rotatable bonds is 5. The number of nitrogen functional groups attached to an aromatic ring is 1. The number of sulfone groups is 1. The van der Waals surface area contributed by atoms with Gasteiger partial charge >= 0.3 is 0 Å². The van der Waals surface area contributed by atoms with Gasteiger partial charge in [-0.2, -0.15) is 11.8 Å². The number of thioether (sulfide) groups is 1. The van der Waals surface area contributed by atoms with Crippen molar-refractivity contribution in [2.75, 3.05) is 23.5 Å². The van der Waals surface area contributed by atoms with Crippen molar-refractivity contribution >= 4 is 38.1 Å². The molecule has 0 aromatic carbocycles. The Morgan fingerprint density at radius 1 is 1.64 bits per heavy atom. The largest absolute Gasteiger partial charge is 0.375 e. The molecule has 0 fully saturated rings. The highest BCUT2D eigenvalue weighted by Gasteiger charge is 2.03. The van der Waals surface area contributed by atoms with Gasteiger partial charge < -0.3 is 5.73 Å². The van der Waals surface area contributed by atoms with Crippen molar-refractivity contribution < 1.29 is 8.42 Å².